The van der Waals surface area contributed by atoms with Gasteiger partial charge >= 0.3 is 0 Å². The van der Waals surface area contributed by atoms with Gasteiger partial charge in [-0.15, -0.1) is 0 Å². The molecule has 1 aromatic carbocycles. The number of rotatable bonds is 5. The van der Waals surface area contributed by atoms with Crippen LogP contribution >= 0.6 is 0 Å². The van der Waals surface area contributed by atoms with Gasteiger partial charge in [-0.25, -0.2) is 0 Å². The molecule has 0 aromatic heterocycles. The molecular weight excluding hydrogens is 232 g/mol. The predicted molar refractivity (Wildman–Crippen MR) is 67.9 cm³/mol. The fourth-order valence-electron chi connectivity index (χ4n) is 2.33. The first-order valence-electron chi connectivity index (χ1n) is 6.21. The van der Waals surface area contributed by atoms with Crippen molar-refractivity contribution >= 4 is 0 Å². The highest BCUT2D eigenvalue weighted by Crippen LogP contribution is 2.33. The monoisotopic (exact) mass is 252 g/mol. The molecule has 1 aliphatic rings. The number of aryl methyl sites for hydroxylation is 1. The lowest BCUT2D eigenvalue weighted by molar-refractivity contribution is -0.0612. The standard InChI is InChI=1S/C14H20O4/c1-16-7-8-18-13-6-3-10-9-11(17-2)4-5-12(10)14(13)15/h4-5,9,13-15H,3,6-8H2,1-2H3. The van der Waals surface area contributed by atoms with Crippen molar-refractivity contribution in [1.82, 2.24) is 0 Å². The van der Waals surface area contributed by atoms with Crippen LogP contribution in [0.15, 0.2) is 18.2 Å². The summed E-state index contributed by atoms with van der Waals surface area (Å²) in [4.78, 5) is 0. The van der Waals surface area contributed by atoms with E-state index in [1.54, 1.807) is 14.2 Å². The van der Waals surface area contributed by atoms with E-state index in [0.29, 0.717) is 13.2 Å². The Labute approximate surface area is 107 Å². The highest BCUT2D eigenvalue weighted by atomic mass is 16.5. The lowest BCUT2D eigenvalue weighted by Gasteiger charge is -2.30. The van der Waals surface area contributed by atoms with Crippen LogP contribution in [0.3, 0.4) is 0 Å². The van der Waals surface area contributed by atoms with Crippen molar-refractivity contribution in [1.29, 1.82) is 0 Å². The Morgan fingerprint density at radius 3 is 2.83 bits per heavy atom. The molecule has 2 atom stereocenters. The van der Waals surface area contributed by atoms with Crippen LogP contribution in [0.2, 0.25) is 0 Å². The Hall–Kier alpha value is -1.10. The molecule has 2 unspecified atom stereocenters. The van der Waals surface area contributed by atoms with Crippen LogP contribution in [0.25, 0.3) is 0 Å². The molecule has 4 heteroatoms. The number of benzene rings is 1. The second kappa shape index (κ2) is 6.18. The Morgan fingerprint density at radius 2 is 2.11 bits per heavy atom. The van der Waals surface area contributed by atoms with Crippen molar-refractivity contribution in [3.8, 4) is 5.75 Å². The van der Waals surface area contributed by atoms with Crippen molar-refractivity contribution in [2.75, 3.05) is 27.4 Å². The molecule has 0 saturated carbocycles. The van der Waals surface area contributed by atoms with Gasteiger partial charge in [0.1, 0.15) is 11.9 Å². The summed E-state index contributed by atoms with van der Waals surface area (Å²) in [6.45, 7) is 1.07. The van der Waals surface area contributed by atoms with Crippen molar-refractivity contribution < 1.29 is 19.3 Å². The van der Waals surface area contributed by atoms with Crippen LogP contribution in [-0.4, -0.2) is 38.6 Å². The number of ether oxygens (including phenoxy) is 3. The van der Waals surface area contributed by atoms with E-state index in [4.69, 9.17) is 14.2 Å². The van der Waals surface area contributed by atoms with E-state index in [1.807, 2.05) is 18.2 Å². The molecule has 1 aliphatic carbocycles. The number of hydrogen-bond acceptors (Lipinski definition) is 4. The van der Waals surface area contributed by atoms with Gasteiger partial charge in [-0.3, -0.25) is 0 Å². The molecule has 0 bridgehead atoms. The predicted octanol–water partition coefficient (Wildman–Crippen LogP) is 1.71. The van der Waals surface area contributed by atoms with Crippen molar-refractivity contribution in [2.45, 2.75) is 25.0 Å². The second-order valence-corrected chi connectivity index (χ2v) is 4.45. The van der Waals surface area contributed by atoms with Crippen LogP contribution in [0.5, 0.6) is 5.75 Å². The molecule has 0 fully saturated rings. The van der Waals surface area contributed by atoms with Crippen LogP contribution in [0.1, 0.15) is 23.7 Å². The average Bonchev–Trinajstić information content (AvgIpc) is 2.41. The molecule has 100 valence electrons. The van der Waals surface area contributed by atoms with Gasteiger partial charge in [0.25, 0.3) is 0 Å². The third-order valence-corrected chi connectivity index (χ3v) is 3.34. The molecule has 2 rings (SSSR count). The first-order valence-corrected chi connectivity index (χ1v) is 6.21. The van der Waals surface area contributed by atoms with Gasteiger partial charge in [-0.1, -0.05) is 6.07 Å². The molecule has 0 aliphatic heterocycles. The number of fused-ring (bicyclic) bond motifs is 1. The van der Waals surface area contributed by atoms with E-state index in [1.165, 1.54) is 0 Å². The van der Waals surface area contributed by atoms with E-state index >= 15 is 0 Å². The van der Waals surface area contributed by atoms with E-state index in [2.05, 4.69) is 0 Å². The van der Waals surface area contributed by atoms with Crippen LogP contribution in [0.4, 0.5) is 0 Å². The third kappa shape index (κ3) is 2.83. The summed E-state index contributed by atoms with van der Waals surface area (Å²) in [7, 11) is 3.29. The molecule has 0 amide bonds. The molecule has 18 heavy (non-hydrogen) atoms. The van der Waals surface area contributed by atoms with Crippen molar-refractivity contribution in [2.24, 2.45) is 0 Å². The minimum atomic E-state index is -0.559. The minimum Gasteiger partial charge on any atom is -0.497 e. The molecule has 4 nitrogen and oxygen atoms in total. The smallest absolute Gasteiger partial charge is 0.119 e. The number of aliphatic hydroxyl groups is 1. The maximum Gasteiger partial charge on any atom is 0.119 e. The molecule has 0 radical (unpaired) electrons. The van der Waals surface area contributed by atoms with E-state index in [0.717, 1.165) is 29.7 Å². The molecule has 0 spiro atoms. The van der Waals surface area contributed by atoms with Crippen molar-refractivity contribution in [3.05, 3.63) is 29.3 Å². The highest BCUT2D eigenvalue weighted by molar-refractivity contribution is 5.39. The fourth-order valence-corrected chi connectivity index (χ4v) is 2.33. The highest BCUT2D eigenvalue weighted by Gasteiger charge is 2.28. The molecule has 0 heterocycles. The van der Waals surface area contributed by atoms with E-state index in [9.17, 15) is 5.11 Å². The summed E-state index contributed by atoms with van der Waals surface area (Å²) in [5.41, 5.74) is 2.10. The number of methoxy groups -OCH3 is 2. The normalized spacial score (nSPS) is 22.6. The molecule has 0 saturated heterocycles. The van der Waals surface area contributed by atoms with Gasteiger partial charge in [-0.05, 0) is 36.1 Å². The summed E-state index contributed by atoms with van der Waals surface area (Å²) in [6, 6.07) is 5.79. The fraction of sp³-hybridized carbons (Fsp3) is 0.571. The topological polar surface area (TPSA) is 47.9 Å². The number of aliphatic hydroxyl groups excluding tert-OH is 1. The van der Waals surface area contributed by atoms with Gasteiger partial charge in [0.2, 0.25) is 0 Å². The lowest BCUT2D eigenvalue weighted by Crippen LogP contribution is -2.29. The summed E-state index contributed by atoms with van der Waals surface area (Å²) < 4.78 is 15.8. The first kappa shape index (κ1) is 13.3. The lowest BCUT2D eigenvalue weighted by atomic mass is 9.87. The zero-order valence-corrected chi connectivity index (χ0v) is 10.9. The average molecular weight is 252 g/mol. The molecule has 1 aromatic rings. The van der Waals surface area contributed by atoms with Crippen molar-refractivity contribution in [3.63, 3.8) is 0 Å². The summed E-state index contributed by atoms with van der Waals surface area (Å²) in [6.07, 6.45) is 1.03. The van der Waals surface area contributed by atoms with Crippen LogP contribution in [0, 0.1) is 0 Å². The van der Waals surface area contributed by atoms with E-state index in [-0.39, 0.29) is 6.10 Å². The van der Waals surface area contributed by atoms with Gasteiger partial charge < -0.3 is 19.3 Å². The largest absolute Gasteiger partial charge is 0.497 e. The quantitative estimate of drug-likeness (QED) is 0.810. The van der Waals surface area contributed by atoms with Crippen LogP contribution < -0.4 is 4.74 Å². The van der Waals surface area contributed by atoms with Gasteiger partial charge in [0.05, 0.1) is 26.4 Å². The SMILES string of the molecule is COCCOC1CCc2cc(OC)ccc2C1O. The summed E-state index contributed by atoms with van der Waals surface area (Å²) in [5, 5.41) is 10.3. The maximum absolute atomic E-state index is 10.3. The van der Waals surface area contributed by atoms with E-state index < -0.39 is 6.10 Å². The summed E-state index contributed by atoms with van der Waals surface area (Å²) in [5.74, 6) is 0.833. The third-order valence-electron chi connectivity index (χ3n) is 3.34. The Kier molecular flexibility index (Phi) is 4.58. The Bertz CT molecular complexity index is 391. The van der Waals surface area contributed by atoms with Gasteiger partial charge in [0, 0.05) is 7.11 Å². The van der Waals surface area contributed by atoms with Gasteiger partial charge in [-0.2, -0.15) is 0 Å². The summed E-state index contributed by atoms with van der Waals surface area (Å²) >= 11 is 0. The molecule has 1 N–H and O–H groups in total. The zero-order valence-electron chi connectivity index (χ0n) is 10.9. The zero-order chi connectivity index (χ0) is 13.0. The minimum absolute atomic E-state index is 0.138. The maximum atomic E-state index is 10.3. The molecular formula is C14H20O4. The van der Waals surface area contributed by atoms with Gasteiger partial charge in [0.15, 0.2) is 0 Å². The van der Waals surface area contributed by atoms with Crippen LogP contribution in [-0.2, 0) is 15.9 Å². The second-order valence-electron chi connectivity index (χ2n) is 4.45. The Morgan fingerprint density at radius 1 is 1.28 bits per heavy atom. The first-order chi connectivity index (χ1) is 8.76. The Balaban J connectivity index is 2.06. The number of hydrogen-bond donors (Lipinski definition) is 1.